The highest BCUT2D eigenvalue weighted by atomic mass is 28.3. The van der Waals surface area contributed by atoms with Gasteiger partial charge in [0.1, 0.15) is 0 Å². The van der Waals surface area contributed by atoms with Gasteiger partial charge in [0.2, 0.25) is 17.1 Å². The van der Waals surface area contributed by atoms with Gasteiger partial charge in [-0.3, -0.25) is 0 Å². The SMILES string of the molecule is C=C1C[n+]2ccccc2-c2c(ccc3c2oc2ncccc23)CCC2c3ccccc3-c3cc(CC4CCCC4)c([Si](C)(C)C)c[n+]3C12. The van der Waals surface area contributed by atoms with Crippen molar-refractivity contribution in [3.8, 4) is 22.5 Å². The molecule has 4 nitrogen and oxygen atoms in total. The van der Waals surface area contributed by atoms with E-state index in [0.717, 1.165) is 41.7 Å². The molecule has 1 saturated carbocycles. The Morgan fingerprint density at radius 1 is 0.896 bits per heavy atom. The minimum absolute atomic E-state index is 0.173. The number of benzene rings is 2. The zero-order chi connectivity index (χ0) is 32.6. The average Bonchev–Trinajstić information content (AvgIpc) is 3.74. The number of aromatic nitrogens is 3. The number of nitrogens with zero attached hydrogens (tertiary/aromatic N) is 3. The first-order chi connectivity index (χ1) is 23.3. The summed E-state index contributed by atoms with van der Waals surface area (Å²) in [5, 5.41) is 3.82. The molecule has 48 heavy (non-hydrogen) atoms. The second kappa shape index (κ2) is 11.4. The van der Waals surface area contributed by atoms with E-state index in [2.05, 4.69) is 113 Å². The molecule has 2 aromatic carbocycles. The zero-order valence-corrected chi connectivity index (χ0v) is 29.5. The third kappa shape index (κ3) is 4.81. The predicted molar refractivity (Wildman–Crippen MR) is 197 cm³/mol. The fourth-order valence-corrected chi connectivity index (χ4v) is 11.0. The number of fused-ring (bicyclic) bond motifs is 13. The number of hydrogen-bond donors (Lipinski definition) is 0. The summed E-state index contributed by atoms with van der Waals surface area (Å²) in [5.74, 6) is 1.13. The molecule has 6 heterocycles. The van der Waals surface area contributed by atoms with Gasteiger partial charge in [0.15, 0.2) is 30.6 Å². The molecule has 0 radical (unpaired) electrons. The van der Waals surface area contributed by atoms with Crippen molar-refractivity contribution in [2.24, 2.45) is 5.92 Å². The molecule has 5 heteroatoms. The van der Waals surface area contributed by atoms with E-state index < -0.39 is 8.07 Å². The highest BCUT2D eigenvalue weighted by molar-refractivity contribution is 6.89. The Balaban J connectivity index is 1.24. The van der Waals surface area contributed by atoms with E-state index in [1.165, 1.54) is 71.3 Å². The Hall–Kier alpha value is -4.35. The third-order valence-corrected chi connectivity index (χ3v) is 13.6. The quantitative estimate of drug-likeness (QED) is 0.109. The Morgan fingerprint density at radius 3 is 2.58 bits per heavy atom. The maximum absolute atomic E-state index is 6.57. The number of pyridine rings is 3. The molecule has 0 N–H and O–H groups in total. The predicted octanol–water partition coefficient (Wildman–Crippen LogP) is 9.01. The van der Waals surface area contributed by atoms with Crippen LogP contribution in [0.1, 0.15) is 60.8 Å². The van der Waals surface area contributed by atoms with Gasteiger partial charge in [-0.25, -0.2) is 4.98 Å². The van der Waals surface area contributed by atoms with Gasteiger partial charge >= 0.3 is 0 Å². The standard InChI is InChI=1S/C43H45N3OSi/c1-28-26-45-23-10-9-17-37(45)40-30(19-21-35-36-16-11-22-44-43(36)47-42(35)40)18-20-34-32-14-7-8-15-33(32)38-25-31(24-29-12-5-6-13-29)39(48(2,3)4)27-46(38)41(28)34/h7-11,14-17,19,21-23,25,27,29,34,41H,1,5-6,12-13,18,20,24,26H2,2-4H3/q+2. The summed E-state index contributed by atoms with van der Waals surface area (Å²) in [6.07, 6.45) is 15.4. The molecule has 0 spiro atoms. The first-order valence-electron chi connectivity index (χ1n) is 18.0. The summed E-state index contributed by atoms with van der Waals surface area (Å²) in [5.41, 5.74) is 12.4. The maximum Gasteiger partial charge on any atom is 0.227 e. The van der Waals surface area contributed by atoms with Crippen LogP contribution in [0.15, 0.2) is 108 Å². The van der Waals surface area contributed by atoms with E-state index in [1.54, 1.807) is 10.8 Å². The molecule has 2 unspecified atom stereocenters. The van der Waals surface area contributed by atoms with E-state index in [-0.39, 0.29) is 6.04 Å². The van der Waals surface area contributed by atoms with Crippen LogP contribution >= 0.6 is 0 Å². The molecule has 1 fully saturated rings. The summed E-state index contributed by atoms with van der Waals surface area (Å²) in [4.78, 5) is 4.58. The van der Waals surface area contributed by atoms with Crippen molar-refractivity contribution in [3.63, 3.8) is 0 Å². The lowest BCUT2D eigenvalue weighted by molar-refractivity contribution is -0.722. The molecule has 0 saturated heterocycles. The van der Waals surface area contributed by atoms with Gasteiger partial charge in [-0.15, -0.1) is 0 Å². The van der Waals surface area contributed by atoms with E-state index in [4.69, 9.17) is 11.0 Å². The van der Waals surface area contributed by atoms with Crippen molar-refractivity contribution in [3.05, 3.63) is 120 Å². The first-order valence-corrected chi connectivity index (χ1v) is 21.5. The van der Waals surface area contributed by atoms with Gasteiger partial charge in [-0.05, 0) is 66.1 Å². The largest absolute Gasteiger partial charge is 0.437 e. The lowest BCUT2D eigenvalue weighted by Gasteiger charge is -2.33. The third-order valence-electron chi connectivity index (χ3n) is 11.5. The highest BCUT2D eigenvalue weighted by Gasteiger charge is 2.45. The summed E-state index contributed by atoms with van der Waals surface area (Å²) in [6, 6.07) is 27.3. The molecule has 2 atom stereocenters. The minimum Gasteiger partial charge on any atom is -0.437 e. The summed E-state index contributed by atoms with van der Waals surface area (Å²) in [7, 11) is -1.64. The van der Waals surface area contributed by atoms with Crippen LogP contribution in [0.4, 0.5) is 0 Å². The average molecular weight is 648 g/mol. The molecule has 0 bridgehead atoms. The molecule has 6 aromatic rings. The second-order valence-electron chi connectivity index (χ2n) is 15.6. The van der Waals surface area contributed by atoms with E-state index in [1.807, 2.05) is 12.3 Å². The number of aryl methyl sites for hydroxylation is 1. The van der Waals surface area contributed by atoms with E-state index in [9.17, 15) is 0 Å². The van der Waals surface area contributed by atoms with Crippen molar-refractivity contribution in [2.45, 2.75) is 83.1 Å². The molecule has 4 aromatic heterocycles. The van der Waals surface area contributed by atoms with E-state index in [0.29, 0.717) is 11.6 Å². The van der Waals surface area contributed by atoms with Crippen molar-refractivity contribution < 1.29 is 13.6 Å². The van der Waals surface area contributed by atoms with Crippen LogP contribution in [-0.4, -0.2) is 13.1 Å². The second-order valence-corrected chi connectivity index (χ2v) is 20.6. The Labute approximate surface area is 284 Å². The lowest BCUT2D eigenvalue weighted by Crippen LogP contribution is -2.55. The van der Waals surface area contributed by atoms with Crippen LogP contribution in [0.25, 0.3) is 44.6 Å². The Kier molecular flexibility index (Phi) is 7.05. The van der Waals surface area contributed by atoms with Crippen molar-refractivity contribution >= 4 is 35.3 Å². The van der Waals surface area contributed by atoms with Crippen LogP contribution in [-0.2, 0) is 19.4 Å². The molecule has 240 valence electrons. The van der Waals surface area contributed by atoms with Gasteiger partial charge in [0.25, 0.3) is 0 Å². The van der Waals surface area contributed by atoms with Crippen molar-refractivity contribution in [1.82, 2.24) is 4.98 Å². The van der Waals surface area contributed by atoms with Gasteiger partial charge in [-0.2, -0.15) is 9.13 Å². The van der Waals surface area contributed by atoms with Crippen LogP contribution in [0.3, 0.4) is 0 Å². The Morgan fingerprint density at radius 2 is 1.73 bits per heavy atom. The topological polar surface area (TPSA) is 33.8 Å². The molecule has 9 rings (SSSR count). The maximum atomic E-state index is 6.57. The summed E-state index contributed by atoms with van der Waals surface area (Å²) >= 11 is 0. The van der Waals surface area contributed by atoms with Crippen LogP contribution < -0.4 is 14.3 Å². The monoisotopic (exact) mass is 647 g/mol. The van der Waals surface area contributed by atoms with Crippen LogP contribution in [0, 0.1) is 5.92 Å². The molecule has 0 amide bonds. The molecular weight excluding hydrogens is 603 g/mol. The van der Waals surface area contributed by atoms with Crippen molar-refractivity contribution in [1.29, 1.82) is 0 Å². The number of allylic oxidation sites excluding steroid dienone is 1. The first kappa shape index (κ1) is 29.8. The highest BCUT2D eigenvalue weighted by Crippen LogP contribution is 2.46. The molecular formula is C43H45N3OSi+2. The van der Waals surface area contributed by atoms with Crippen molar-refractivity contribution in [2.75, 3.05) is 0 Å². The number of furan rings is 1. The minimum atomic E-state index is -1.64. The van der Waals surface area contributed by atoms with Gasteiger partial charge in [0.05, 0.1) is 25.1 Å². The van der Waals surface area contributed by atoms with Crippen LogP contribution in [0.2, 0.25) is 19.6 Å². The zero-order valence-electron chi connectivity index (χ0n) is 28.5. The lowest BCUT2D eigenvalue weighted by atomic mass is 9.76. The summed E-state index contributed by atoms with van der Waals surface area (Å²) < 4.78 is 11.6. The Bertz CT molecular complexity index is 2240. The normalized spacial score (nSPS) is 19.4. The smallest absolute Gasteiger partial charge is 0.227 e. The van der Waals surface area contributed by atoms with E-state index >= 15 is 0 Å². The molecule has 1 aliphatic carbocycles. The van der Waals surface area contributed by atoms with Crippen LogP contribution in [0.5, 0.6) is 0 Å². The molecule has 3 aliphatic rings. The summed E-state index contributed by atoms with van der Waals surface area (Å²) in [6.45, 7) is 13.3. The van der Waals surface area contributed by atoms with Gasteiger partial charge in [0, 0.05) is 45.9 Å². The molecule has 2 aliphatic heterocycles. The van der Waals surface area contributed by atoms with Gasteiger partial charge < -0.3 is 4.42 Å². The number of rotatable bonds is 3. The fourth-order valence-electron chi connectivity index (χ4n) is 9.31. The number of hydrogen-bond acceptors (Lipinski definition) is 2. The fraction of sp³-hybridized carbons (Fsp3) is 0.326. The van der Waals surface area contributed by atoms with Gasteiger partial charge in [-0.1, -0.05) is 82.2 Å².